The van der Waals surface area contributed by atoms with Crippen molar-refractivity contribution in [3.63, 3.8) is 0 Å². The average molecular weight is 339 g/mol. The van der Waals surface area contributed by atoms with E-state index in [-0.39, 0.29) is 11.8 Å². The largest absolute Gasteiger partial charge is 0.491 e. The summed E-state index contributed by atoms with van der Waals surface area (Å²) in [5.74, 6) is 0.346. The fourth-order valence-electron chi connectivity index (χ4n) is 1.91. The van der Waals surface area contributed by atoms with Crippen LogP contribution in [0.25, 0.3) is 11.4 Å². The predicted octanol–water partition coefficient (Wildman–Crippen LogP) is 3.34. The number of rotatable bonds is 4. The number of aromatic carboxylic acids is 1. The zero-order chi connectivity index (χ0) is 14.9. The normalized spacial score (nSPS) is 10.8. The fraction of sp³-hybridized carbons (Fsp3) is 0.286. The van der Waals surface area contributed by atoms with Crippen molar-refractivity contribution in [2.75, 3.05) is 0 Å². The van der Waals surface area contributed by atoms with Crippen molar-refractivity contribution < 1.29 is 14.6 Å². The topological polar surface area (TPSA) is 64.3 Å². The van der Waals surface area contributed by atoms with Gasteiger partial charge in [0.05, 0.1) is 6.10 Å². The molecule has 0 aliphatic carbocycles. The fourth-order valence-corrected chi connectivity index (χ4v) is 2.51. The number of hydrogen-bond acceptors (Lipinski definition) is 3. The Labute approximate surface area is 125 Å². The van der Waals surface area contributed by atoms with Gasteiger partial charge in [-0.15, -0.1) is 0 Å². The second-order valence-electron chi connectivity index (χ2n) is 4.63. The Morgan fingerprint density at radius 2 is 1.95 bits per heavy atom. The van der Waals surface area contributed by atoms with E-state index >= 15 is 0 Å². The molecule has 0 atom stereocenters. The maximum atomic E-state index is 11.2. The lowest BCUT2D eigenvalue weighted by Gasteiger charge is -2.10. The van der Waals surface area contributed by atoms with Gasteiger partial charge in [-0.2, -0.15) is 0 Å². The molecule has 0 saturated heterocycles. The smallest absolute Gasteiger partial charge is 0.355 e. The van der Waals surface area contributed by atoms with E-state index in [1.54, 1.807) is 11.6 Å². The van der Waals surface area contributed by atoms with Gasteiger partial charge in [-0.05, 0) is 54.0 Å². The van der Waals surface area contributed by atoms with E-state index in [4.69, 9.17) is 9.84 Å². The standard InChI is InChI=1S/C14H15BrN2O3/c1-8(2)20-10-6-4-9(5-7-10)13-16-12(15)11(14(18)19)17(13)3/h4-8H,1-3H3,(H,18,19). The second kappa shape index (κ2) is 5.66. The summed E-state index contributed by atoms with van der Waals surface area (Å²) in [5.41, 5.74) is 0.958. The Bertz CT molecular complexity index is 633. The Morgan fingerprint density at radius 1 is 1.35 bits per heavy atom. The second-order valence-corrected chi connectivity index (χ2v) is 5.38. The van der Waals surface area contributed by atoms with Crippen LogP contribution in [0.4, 0.5) is 0 Å². The highest BCUT2D eigenvalue weighted by Gasteiger charge is 2.19. The maximum Gasteiger partial charge on any atom is 0.355 e. The van der Waals surface area contributed by atoms with Crippen molar-refractivity contribution in [1.29, 1.82) is 0 Å². The summed E-state index contributed by atoms with van der Waals surface area (Å²) in [6.45, 7) is 3.92. The van der Waals surface area contributed by atoms with Crippen molar-refractivity contribution in [2.24, 2.45) is 7.05 Å². The molecule has 1 aromatic carbocycles. The van der Waals surface area contributed by atoms with Crippen LogP contribution >= 0.6 is 15.9 Å². The zero-order valence-corrected chi connectivity index (χ0v) is 13.0. The molecular formula is C14H15BrN2O3. The third-order valence-electron chi connectivity index (χ3n) is 2.74. The number of carboxylic acid groups (broad SMARTS) is 1. The van der Waals surface area contributed by atoms with Crippen LogP contribution in [-0.2, 0) is 7.05 Å². The molecule has 20 heavy (non-hydrogen) atoms. The first-order chi connectivity index (χ1) is 9.40. The monoisotopic (exact) mass is 338 g/mol. The van der Waals surface area contributed by atoms with Gasteiger partial charge >= 0.3 is 5.97 Å². The van der Waals surface area contributed by atoms with E-state index in [0.29, 0.717) is 10.4 Å². The zero-order valence-electron chi connectivity index (χ0n) is 11.4. The van der Waals surface area contributed by atoms with E-state index in [0.717, 1.165) is 11.3 Å². The molecule has 2 rings (SSSR count). The van der Waals surface area contributed by atoms with Gasteiger partial charge in [0.15, 0.2) is 5.69 Å². The lowest BCUT2D eigenvalue weighted by atomic mass is 10.2. The Hall–Kier alpha value is -1.82. The van der Waals surface area contributed by atoms with E-state index in [1.165, 1.54) is 0 Å². The number of ether oxygens (including phenoxy) is 1. The van der Waals surface area contributed by atoms with Gasteiger partial charge in [-0.25, -0.2) is 9.78 Å². The molecule has 2 aromatic rings. The first-order valence-corrected chi connectivity index (χ1v) is 6.92. The number of imidazole rings is 1. The van der Waals surface area contributed by atoms with Crippen molar-refractivity contribution in [3.05, 3.63) is 34.6 Å². The number of halogens is 1. The van der Waals surface area contributed by atoms with Gasteiger partial charge in [-0.3, -0.25) is 0 Å². The van der Waals surface area contributed by atoms with Crippen LogP contribution in [0.5, 0.6) is 5.75 Å². The third-order valence-corrected chi connectivity index (χ3v) is 3.29. The summed E-state index contributed by atoms with van der Waals surface area (Å²) in [6, 6.07) is 7.41. The van der Waals surface area contributed by atoms with E-state index in [2.05, 4.69) is 20.9 Å². The number of carboxylic acids is 1. The highest BCUT2D eigenvalue weighted by Crippen LogP contribution is 2.26. The van der Waals surface area contributed by atoms with Crippen molar-refractivity contribution in [2.45, 2.75) is 20.0 Å². The van der Waals surface area contributed by atoms with E-state index in [9.17, 15) is 4.79 Å². The van der Waals surface area contributed by atoms with Crippen LogP contribution in [0.2, 0.25) is 0 Å². The molecule has 0 spiro atoms. The summed E-state index contributed by atoms with van der Waals surface area (Å²) >= 11 is 3.18. The first kappa shape index (κ1) is 14.6. The van der Waals surface area contributed by atoms with E-state index in [1.807, 2.05) is 38.1 Å². The molecule has 0 saturated carbocycles. The maximum absolute atomic E-state index is 11.2. The van der Waals surface area contributed by atoms with Crippen molar-refractivity contribution >= 4 is 21.9 Å². The predicted molar refractivity (Wildman–Crippen MR) is 79.1 cm³/mol. The molecule has 1 N–H and O–H groups in total. The van der Waals surface area contributed by atoms with Crippen LogP contribution in [0.1, 0.15) is 24.3 Å². The molecule has 0 aliphatic heterocycles. The molecule has 0 unspecified atom stereocenters. The van der Waals surface area contributed by atoms with Crippen molar-refractivity contribution in [1.82, 2.24) is 9.55 Å². The molecule has 0 bridgehead atoms. The molecule has 0 aliphatic rings. The van der Waals surface area contributed by atoms with Crippen LogP contribution in [0.15, 0.2) is 28.9 Å². The minimum Gasteiger partial charge on any atom is -0.491 e. The lowest BCUT2D eigenvalue weighted by molar-refractivity contribution is 0.0685. The van der Waals surface area contributed by atoms with Gasteiger partial charge in [-0.1, -0.05) is 0 Å². The Kier molecular flexibility index (Phi) is 4.13. The van der Waals surface area contributed by atoms with Gasteiger partial charge in [0.25, 0.3) is 0 Å². The third kappa shape index (κ3) is 2.85. The van der Waals surface area contributed by atoms with Gasteiger partial charge in [0.2, 0.25) is 0 Å². The molecule has 1 heterocycles. The van der Waals surface area contributed by atoms with E-state index < -0.39 is 5.97 Å². The molecule has 0 radical (unpaired) electrons. The summed E-state index contributed by atoms with van der Waals surface area (Å²) < 4.78 is 7.44. The number of aromatic nitrogens is 2. The number of benzene rings is 1. The number of carbonyl (C=O) groups is 1. The van der Waals surface area contributed by atoms with Gasteiger partial charge < -0.3 is 14.4 Å². The minimum absolute atomic E-state index is 0.113. The Morgan fingerprint density at radius 3 is 2.40 bits per heavy atom. The molecule has 5 nitrogen and oxygen atoms in total. The molecule has 106 valence electrons. The molecule has 0 fully saturated rings. The number of hydrogen-bond donors (Lipinski definition) is 1. The first-order valence-electron chi connectivity index (χ1n) is 6.12. The van der Waals surface area contributed by atoms with Crippen LogP contribution in [0, 0.1) is 0 Å². The average Bonchev–Trinajstić information content (AvgIpc) is 2.65. The highest BCUT2D eigenvalue weighted by atomic mass is 79.9. The lowest BCUT2D eigenvalue weighted by Crippen LogP contribution is -2.06. The van der Waals surface area contributed by atoms with Gasteiger partial charge in [0, 0.05) is 12.6 Å². The molecule has 6 heteroatoms. The molecule has 1 aromatic heterocycles. The summed E-state index contributed by atoms with van der Waals surface area (Å²) in [4.78, 5) is 15.4. The summed E-state index contributed by atoms with van der Waals surface area (Å²) in [5, 5.41) is 9.14. The summed E-state index contributed by atoms with van der Waals surface area (Å²) in [7, 11) is 1.68. The van der Waals surface area contributed by atoms with Crippen molar-refractivity contribution in [3.8, 4) is 17.1 Å². The van der Waals surface area contributed by atoms with Crippen LogP contribution in [-0.4, -0.2) is 26.7 Å². The Balaban J connectivity index is 2.37. The molecular weight excluding hydrogens is 324 g/mol. The summed E-state index contributed by atoms with van der Waals surface area (Å²) in [6.07, 6.45) is 0.113. The SMILES string of the molecule is CC(C)Oc1ccc(-c2nc(Br)c(C(=O)O)n2C)cc1. The quantitative estimate of drug-likeness (QED) is 0.928. The molecule has 0 amide bonds. The van der Waals surface area contributed by atoms with Gasteiger partial charge in [0.1, 0.15) is 16.2 Å². The van der Waals surface area contributed by atoms with Crippen LogP contribution < -0.4 is 4.74 Å². The minimum atomic E-state index is -1.02. The number of nitrogens with zero attached hydrogens (tertiary/aromatic N) is 2. The van der Waals surface area contributed by atoms with Crippen LogP contribution in [0.3, 0.4) is 0 Å². The highest BCUT2D eigenvalue weighted by molar-refractivity contribution is 9.10.